The molecule has 0 radical (unpaired) electrons. The van der Waals surface area contributed by atoms with E-state index in [1.807, 2.05) is 0 Å². The maximum Gasteiger partial charge on any atom is 0.238 e. The monoisotopic (exact) mass is 267 g/mol. The molecule has 0 bridgehead atoms. The molecule has 2 fully saturated rings. The molecule has 18 heavy (non-hydrogen) atoms. The minimum absolute atomic E-state index is 0.0292. The minimum atomic E-state index is -3.60. The van der Waals surface area contributed by atoms with Gasteiger partial charge in [0.2, 0.25) is 10.0 Å². The molecule has 5 nitrogen and oxygen atoms in total. The third-order valence-electron chi connectivity index (χ3n) is 3.89. The Morgan fingerprint density at radius 1 is 1.17 bits per heavy atom. The summed E-state index contributed by atoms with van der Waals surface area (Å²) in [7, 11) is -3.60. The van der Waals surface area contributed by atoms with Gasteiger partial charge in [0.1, 0.15) is 0 Å². The van der Waals surface area contributed by atoms with Crippen LogP contribution in [0.3, 0.4) is 0 Å². The Bertz CT molecular complexity index is 557. The summed E-state index contributed by atoms with van der Waals surface area (Å²) < 4.78 is 22.3. The van der Waals surface area contributed by atoms with Gasteiger partial charge in [-0.2, -0.15) is 0 Å². The number of sulfonamides is 1. The van der Waals surface area contributed by atoms with Gasteiger partial charge in [-0.05, 0) is 43.0 Å². The van der Waals surface area contributed by atoms with E-state index in [2.05, 4.69) is 4.90 Å². The molecule has 1 heterocycles. The summed E-state index contributed by atoms with van der Waals surface area (Å²) in [4.78, 5) is 2.32. The summed E-state index contributed by atoms with van der Waals surface area (Å²) in [6.07, 6.45) is 2.49. The van der Waals surface area contributed by atoms with Crippen LogP contribution in [0.2, 0.25) is 0 Å². The molecule has 1 aromatic rings. The molecule has 0 unspecified atom stereocenters. The SMILES string of the molecule is NC1(C2CC2)CN(c2ccc(S(N)(=O)=O)cc2)C1. The van der Waals surface area contributed by atoms with Gasteiger partial charge in [0.15, 0.2) is 0 Å². The van der Waals surface area contributed by atoms with Gasteiger partial charge in [0.25, 0.3) is 0 Å². The fraction of sp³-hybridized carbons (Fsp3) is 0.500. The predicted octanol–water partition coefficient (Wildman–Crippen LogP) is 0.262. The highest BCUT2D eigenvalue weighted by atomic mass is 32.2. The van der Waals surface area contributed by atoms with Crippen molar-refractivity contribution in [3.63, 3.8) is 0 Å². The first-order valence-electron chi connectivity index (χ1n) is 6.05. The molecule has 2 aliphatic rings. The topological polar surface area (TPSA) is 89.4 Å². The largest absolute Gasteiger partial charge is 0.368 e. The molecule has 6 heteroatoms. The molecule has 0 amide bonds. The normalized spacial score (nSPS) is 22.7. The first-order chi connectivity index (χ1) is 8.38. The Labute approximate surface area is 107 Å². The molecule has 4 N–H and O–H groups in total. The molecular weight excluding hydrogens is 250 g/mol. The molecule has 0 aromatic heterocycles. The van der Waals surface area contributed by atoms with Crippen molar-refractivity contribution in [3.8, 4) is 0 Å². The van der Waals surface area contributed by atoms with Gasteiger partial charge in [0, 0.05) is 18.8 Å². The van der Waals surface area contributed by atoms with Crippen LogP contribution >= 0.6 is 0 Å². The summed E-state index contributed by atoms with van der Waals surface area (Å²) in [5.74, 6) is 0.678. The summed E-state index contributed by atoms with van der Waals surface area (Å²) in [6.45, 7) is 1.71. The lowest BCUT2D eigenvalue weighted by Gasteiger charge is -2.49. The average Bonchev–Trinajstić information content (AvgIpc) is 3.08. The van der Waals surface area contributed by atoms with Crippen LogP contribution in [0.5, 0.6) is 0 Å². The number of hydrogen-bond acceptors (Lipinski definition) is 4. The zero-order valence-corrected chi connectivity index (χ0v) is 10.9. The lowest BCUT2D eigenvalue weighted by molar-refractivity contribution is 0.291. The van der Waals surface area contributed by atoms with Crippen molar-refractivity contribution >= 4 is 15.7 Å². The quantitative estimate of drug-likeness (QED) is 0.822. The summed E-state index contributed by atoms with van der Waals surface area (Å²) >= 11 is 0. The van der Waals surface area contributed by atoms with Crippen LogP contribution in [0.4, 0.5) is 5.69 Å². The van der Waals surface area contributed by atoms with E-state index in [0.717, 1.165) is 18.8 Å². The number of anilines is 1. The highest BCUT2D eigenvalue weighted by Gasteiger charge is 2.50. The van der Waals surface area contributed by atoms with Crippen LogP contribution in [0.25, 0.3) is 0 Å². The maximum atomic E-state index is 11.1. The van der Waals surface area contributed by atoms with Gasteiger partial charge in [0.05, 0.1) is 10.4 Å². The molecule has 0 spiro atoms. The third-order valence-corrected chi connectivity index (χ3v) is 4.82. The predicted molar refractivity (Wildman–Crippen MR) is 69.7 cm³/mol. The fourth-order valence-electron chi connectivity index (χ4n) is 2.61. The highest BCUT2D eigenvalue weighted by Crippen LogP contribution is 2.44. The number of hydrogen-bond donors (Lipinski definition) is 2. The van der Waals surface area contributed by atoms with Gasteiger partial charge < -0.3 is 10.6 Å². The third kappa shape index (κ3) is 2.00. The first-order valence-corrected chi connectivity index (χ1v) is 7.60. The fourth-order valence-corrected chi connectivity index (χ4v) is 3.13. The number of nitrogens with two attached hydrogens (primary N) is 2. The molecular formula is C12H17N3O2S. The number of primary sulfonamides is 1. The van der Waals surface area contributed by atoms with E-state index < -0.39 is 10.0 Å². The maximum absolute atomic E-state index is 11.1. The minimum Gasteiger partial charge on any atom is -0.368 e. The molecule has 1 aliphatic heterocycles. The Morgan fingerprint density at radius 2 is 1.72 bits per heavy atom. The van der Waals surface area contributed by atoms with Gasteiger partial charge >= 0.3 is 0 Å². The molecule has 0 atom stereocenters. The van der Waals surface area contributed by atoms with E-state index in [1.165, 1.54) is 25.0 Å². The van der Waals surface area contributed by atoms with E-state index >= 15 is 0 Å². The average molecular weight is 267 g/mol. The van der Waals surface area contributed by atoms with E-state index in [4.69, 9.17) is 10.9 Å². The smallest absolute Gasteiger partial charge is 0.238 e. The molecule has 3 rings (SSSR count). The van der Waals surface area contributed by atoms with Gasteiger partial charge in [-0.3, -0.25) is 0 Å². The second-order valence-electron chi connectivity index (χ2n) is 5.40. The van der Waals surface area contributed by atoms with Crippen molar-refractivity contribution in [3.05, 3.63) is 24.3 Å². The highest BCUT2D eigenvalue weighted by molar-refractivity contribution is 7.89. The molecule has 1 aliphatic carbocycles. The van der Waals surface area contributed by atoms with Crippen molar-refractivity contribution < 1.29 is 8.42 Å². The first kappa shape index (κ1) is 12.0. The van der Waals surface area contributed by atoms with Crippen LogP contribution in [0, 0.1) is 5.92 Å². The second kappa shape index (κ2) is 3.69. The van der Waals surface area contributed by atoms with Crippen molar-refractivity contribution in [2.24, 2.45) is 16.8 Å². The van der Waals surface area contributed by atoms with E-state index in [9.17, 15) is 8.42 Å². The van der Waals surface area contributed by atoms with Crippen molar-refractivity contribution in [2.75, 3.05) is 18.0 Å². The number of nitrogens with zero attached hydrogens (tertiary/aromatic N) is 1. The Hall–Kier alpha value is -1.11. The van der Waals surface area contributed by atoms with Crippen molar-refractivity contribution in [1.29, 1.82) is 0 Å². The van der Waals surface area contributed by atoms with Crippen molar-refractivity contribution in [1.82, 2.24) is 0 Å². The summed E-state index contributed by atoms with van der Waals surface area (Å²) in [5.41, 5.74) is 7.25. The number of benzene rings is 1. The molecule has 1 saturated carbocycles. The lowest BCUT2D eigenvalue weighted by atomic mass is 9.85. The van der Waals surface area contributed by atoms with Crippen LogP contribution < -0.4 is 15.8 Å². The molecule has 1 saturated heterocycles. The van der Waals surface area contributed by atoms with E-state index in [0.29, 0.717) is 5.92 Å². The summed E-state index contributed by atoms with van der Waals surface area (Å²) in [5, 5.41) is 5.06. The molecule has 98 valence electrons. The van der Waals surface area contributed by atoms with Crippen molar-refractivity contribution in [2.45, 2.75) is 23.3 Å². The Balaban J connectivity index is 1.72. The zero-order chi connectivity index (χ0) is 13.0. The van der Waals surface area contributed by atoms with E-state index in [-0.39, 0.29) is 10.4 Å². The van der Waals surface area contributed by atoms with Crippen LogP contribution in [-0.4, -0.2) is 27.0 Å². The molecule has 1 aromatic carbocycles. The summed E-state index contributed by atoms with van der Waals surface area (Å²) in [6, 6.07) is 6.65. The number of rotatable bonds is 3. The van der Waals surface area contributed by atoms with Gasteiger partial charge in [-0.15, -0.1) is 0 Å². The lowest BCUT2D eigenvalue weighted by Crippen LogP contribution is -2.69. The zero-order valence-electron chi connectivity index (χ0n) is 10.0. The standard InChI is InChI=1S/C12H17N3O2S/c13-12(9-1-2-9)7-15(8-12)10-3-5-11(6-4-10)18(14,16)17/h3-6,9H,1-2,7-8,13H2,(H2,14,16,17). The Morgan fingerprint density at radius 3 is 2.17 bits per heavy atom. The van der Waals surface area contributed by atoms with Crippen LogP contribution in [0.1, 0.15) is 12.8 Å². The Kier molecular flexibility index (Phi) is 2.45. The second-order valence-corrected chi connectivity index (χ2v) is 6.96. The van der Waals surface area contributed by atoms with Gasteiger partial charge in [-0.1, -0.05) is 0 Å². The van der Waals surface area contributed by atoms with E-state index in [1.54, 1.807) is 12.1 Å². The van der Waals surface area contributed by atoms with Gasteiger partial charge in [-0.25, -0.2) is 13.6 Å². The van der Waals surface area contributed by atoms with Crippen LogP contribution in [0.15, 0.2) is 29.2 Å². The van der Waals surface area contributed by atoms with Crippen LogP contribution in [-0.2, 0) is 10.0 Å².